The van der Waals surface area contributed by atoms with E-state index in [-0.39, 0.29) is 0 Å². The fraction of sp³-hybridized carbons (Fsp3) is 0.636. The van der Waals surface area contributed by atoms with Crippen molar-refractivity contribution < 1.29 is 9.47 Å². The van der Waals surface area contributed by atoms with Crippen LogP contribution in [-0.2, 0) is 9.47 Å². The molecule has 96 valence electrons. The number of aromatic nitrogens is 2. The van der Waals surface area contributed by atoms with Gasteiger partial charge < -0.3 is 20.1 Å². The van der Waals surface area contributed by atoms with Gasteiger partial charge in [-0.05, 0) is 6.42 Å². The molecule has 0 aliphatic heterocycles. The number of hydrogen-bond donors (Lipinski definition) is 2. The van der Waals surface area contributed by atoms with Gasteiger partial charge in [0.25, 0.3) is 0 Å². The molecule has 1 heterocycles. The highest BCUT2D eigenvalue weighted by Crippen LogP contribution is 2.07. The average molecular weight is 240 g/mol. The molecule has 0 fully saturated rings. The van der Waals surface area contributed by atoms with Crippen molar-refractivity contribution in [1.29, 1.82) is 0 Å². The summed E-state index contributed by atoms with van der Waals surface area (Å²) in [5.41, 5.74) is 0. The van der Waals surface area contributed by atoms with E-state index in [1.54, 1.807) is 14.2 Å². The maximum atomic E-state index is 4.97. The Morgan fingerprint density at radius 2 is 1.65 bits per heavy atom. The van der Waals surface area contributed by atoms with Crippen molar-refractivity contribution in [2.45, 2.75) is 6.42 Å². The van der Waals surface area contributed by atoms with E-state index in [0.29, 0.717) is 6.61 Å². The third kappa shape index (κ3) is 6.03. The fourth-order valence-corrected chi connectivity index (χ4v) is 1.26. The second-order valence-electron chi connectivity index (χ2n) is 3.48. The third-order valence-electron chi connectivity index (χ3n) is 2.11. The topological polar surface area (TPSA) is 68.3 Å². The first kappa shape index (κ1) is 13.7. The second-order valence-corrected chi connectivity index (χ2v) is 3.48. The first-order valence-corrected chi connectivity index (χ1v) is 5.64. The predicted octanol–water partition coefficient (Wildman–Crippen LogP) is 0.983. The second kappa shape index (κ2) is 8.72. The molecule has 0 saturated heterocycles. The van der Waals surface area contributed by atoms with E-state index in [4.69, 9.17) is 9.47 Å². The molecular formula is C11H20N4O2. The van der Waals surface area contributed by atoms with E-state index < -0.39 is 0 Å². The van der Waals surface area contributed by atoms with Crippen molar-refractivity contribution in [2.75, 3.05) is 51.2 Å². The number of methoxy groups -OCH3 is 2. The van der Waals surface area contributed by atoms with Gasteiger partial charge in [-0.15, -0.1) is 0 Å². The van der Waals surface area contributed by atoms with E-state index in [9.17, 15) is 0 Å². The summed E-state index contributed by atoms with van der Waals surface area (Å²) in [6.45, 7) is 2.97. The zero-order valence-corrected chi connectivity index (χ0v) is 10.4. The molecule has 6 heteroatoms. The van der Waals surface area contributed by atoms with Gasteiger partial charge in [0.15, 0.2) is 0 Å². The minimum Gasteiger partial charge on any atom is -0.385 e. The van der Waals surface area contributed by atoms with Gasteiger partial charge in [0.05, 0.1) is 6.61 Å². The molecule has 1 aromatic heterocycles. The maximum absolute atomic E-state index is 4.97. The normalized spacial score (nSPS) is 10.2. The van der Waals surface area contributed by atoms with E-state index in [1.165, 1.54) is 6.33 Å². The van der Waals surface area contributed by atoms with Crippen LogP contribution >= 0.6 is 0 Å². The minimum atomic E-state index is 0.653. The minimum absolute atomic E-state index is 0.653. The van der Waals surface area contributed by atoms with Crippen molar-refractivity contribution in [3.8, 4) is 0 Å². The maximum Gasteiger partial charge on any atom is 0.131 e. The highest BCUT2D eigenvalue weighted by molar-refractivity contribution is 5.46. The van der Waals surface area contributed by atoms with Crippen LogP contribution in [0.4, 0.5) is 11.6 Å². The number of rotatable bonds is 9. The van der Waals surface area contributed by atoms with E-state index in [0.717, 1.165) is 37.8 Å². The number of nitrogens with zero attached hydrogens (tertiary/aromatic N) is 2. The van der Waals surface area contributed by atoms with Crippen LogP contribution in [0.1, 0.15) is 6.42 Å². The summed E-state index contributed by atoms with van der Waals surface area (Å²) in [5.74, 6) is 1.61. The monoisotopic (exact) mass is 240 g/mol. The molecule has 0 aliphatic carbocycles. The lowest BCUT2D eigenvalue weighted by atomic mass is 10.4. The lowest BCUT2D eigenvalue weighted by Gasteiger charge is -2.08. The van der Waals surface area contributed by atoms with Crippen LogP contribution in [0.3, 0.4) is 0 Å². The first-order valence-electron chi connectivity index (χ1n) is 5.64. The predicted molar refractivity (Wildman–Crippen MR) is 67.4 cm³/mol. The molecule has 0 spiro atoms. The van der Waals surface area contributed by atoms with Gasteiger partial charge in [-0.1, -0.05) is 0 Å². The average Bonchev–Trinajstić information content (AvgIpc) is 2.36. The molecule has 0 saturated carbocycles. The Balaban J connectivity index is 2.31. The standard InChI is InChI=1S/C11H20N4O2/c1-16-6-3-4-12-10-8-11(15-9-14-10)13-5-7-17-2/h8-9H,3-7H2,1-2H3,(H2,12,13,14,15). The Morgan fingerprint density at radius 3 is 2.29 bits per heavy atom. The molecule has 0 aliphatic rings. The highest BCUT2D eigenvalue weighted by Gasteiger charge is 1.97. The van der Waals surface area contributed by atoms with Crippen molar-refractivity contribution in [2.24, 2.45) is 0 Å². The zero-order valence-electron chi connectivity index (χ0n) is 10.4. The molecule has 0 amide bonds. The molecule has 1 aromatic rings. The SMILES string of the molecule is COCCCNc1cc(NCCOC)ncn1. The van der Waals surface area contributed by atoms with Crippen molar-refractivity contribution in [3.05, 3.63) is 12.4 Å². The largest absolute Gasteiger partial charge is 0.385 e. The molecule has 0 radical (unpaired) electrons. The third-order valence-corrected chi connectivity index (χ3v) is 2.11. The number of anilines is 2. The smallest absolute Gasteiger partial charge is 0.131 e. The van der Waals surface area contributed by atoms with Crippen molar-refractivity contribution in [3.63, 3.8) is 0 Å². The molecule has 0 unspecified atom stereocenters. The zero-order chi connectivity index (χ0) is 12.3. The Morgan fingerprint density at radius 1 is 1.00 bits per heavy atom. The molecule has 0 atom stereocenters. The van der Waals surface area contributed by atoms with Crippen LogP contribution in [0, 0.1) is 0 Å². The van der Waals surface area contributed by atoms with Crippen molar-refractivity contribution in [1.82, 2.24) is 9.97 Å². The van der Waals surface area contributed by atoms with Crippen molar-refractivity contribution >= 4 is 11.6 Å². The van der Waals surface area contributed by atoms with E-state index in [2.05, 4.69) is 20.6 Å². The first-order chi connectivity index (χ1) is 8.36. The Kier molecular flexibility index (Phi) is 7.01. The lowest BCUT2D eigenvalue weighted by Crippen LogP contribution is -2.10. The summed E-state index contributed by atoms with van der Waals surface area (Å²) in [4.78, 5) is 8.24. The van der Waals surface area contributed by atoms with Gasteiger partial charge in [-0.25, -0.2) is 9.97 Å². The van der Waals surface area contributed by atoms with Crippen LogP contribution in [0.25, 0.3) is 0 Å². The summed E-state index contributed by atoms with van der Waals surface area (Å²) in [6, 6.07) is 1.88. The van der Waals surface area contributed by atoms with Gasteiger partial charge in [0.2, 0.25) is 0 Å². The van der Waals surface area contributed by atoms with Crippen LogP contribution in [0.5, 0.6) is 0 Å². The fourth-order valence-electron chi connectivity index (χ4n) is 1.26. The Hall–Kier alpha value is -1.40. The lowest BCUT2D eigenvalue weighted by molar-refractivity contribution is 0.198. The van der Waals surface area contributed by atoms with Gasteiger partial charge in [-0.3, -0.25) is 0 Å². The summed E-state index contributed by atoms with van der Waals surface area (Å²) in [5, 5.41) is 6.35. The van der Waals surface area contributed by atoms with Gasteiger partial charge in [-0.2, -0.15) is 0 Å². The Labute approximate surface area is 102 Å². The van der Waals surface area contributed by atoms with Gasteiger partial charge in [0.1, 0.15) is 18.0 Å². The van der Waals surface area contributed by atoms with Crippen LogP contribution in [-0.4, -0.2) is 50.5 Å². The summed E-state index contributed by atoms with van der Waals surface area (Å²) >= 11 is 0. The molecule has 2 N–H and O–H groups in total. The number of nitrogens with one attached hydrogen (secondary N) is 2. The van der Waals surface area contributed by atoms with Crippen LogP contribution < -0.4 is 10.6 Å². The number of ether oxygens (including phenoxy) is 2. The molecule has 1 rings (SSSR count). The highest BCUT2D eigenvalue weighted by atomic mass is 16.5. The van der Waals surface area contributed by atoms with Gasteiger partial charge in [0, 0.05) is 40.0 Å². The molecular weight excluding hydrogens is 220 g/mol. The van der Waals surface area contributed by atoms with Crippen LogP contribution in [0.2, 0.25) is 0 Å². The Bertz CT molecular complexity index is 309. The van der Waals surface area contributed by atoms with E-state index in [1.807, 2.05) is 6.07 Å². The van der Waals surface area contributed by atoms with E-state index >= 15 is 0 Å². The summed E-state index contributed by atoms with van der Waals surface area (Å²) in [7, 11) is 3.37. The van der Waals surface area contributed by atoms with Crippen LogP contribution in [0.15, 0.2) is 12.4 Å². The molecule has 0 bridgehead atoms. The summed E-state index contributed by atoms with van der Waals surface area (Å²) in [6.07, 6.45) is 2.49. The van der Waals surface area contributed by atoms with Gasteiger partial charge >= 0.3 is 0 Å². The quantitative estimate of drug-likeness (QED) is 0.627. The molecule has 6 nitrogen and oxygen atoms in total. The summed E-state index contributed by atoms with van der Waals surface area (Å²) < 4.78 is 9.92. The molecule has 0 aromatic carbocycles. The number of hydrogen-bond acceptors (Lipinski definition) is 6. The molecule has 17 heavy (non-hydrogen) atoms.